The number of methoxy groups -OCH3 is 1. The van der Waals surface area contributed by atoms with E-state index in [0.717, 1.165) is 0 Å². The first-order chi connectivity index (χ1) is 10.3. The summed E-state index contributed by atoms with van der Waals surface area (Å²) in [6.07, 6.45) is 2.80. The van der Waals surface area contributed by atoms with Crippen LogP contribution in [0.5, 0.6) is 5.75 Å². The SMILES string of the molecule is CCOC(=O)/C=C/c1ccc(OC)cc1C(=O)OC(C)(C)C. The average molecular weight is 306 g/mol. The molecule has 0 amide bonds. The molecule has 0 bridgehead atoms. The zero-order chi connectivity index (χ0) is 16.8. The van der Waals surface area contributed by atoms with Crippen LogP contribution < -0.4 is 4.74 Å². The van der Waals surface area contributed by atoms with Crippen molar-refractivity contribution >= 4 is 18.0 Å². The summed E-state index contributed by atoms with van der Waals surface area (Å²) in [6.45, 7) is 7.40. The van der Waals surface area contributed by atoms with E-state index in [1.807, 2.05) is 0 Å². The van der Waals surface area contributed by atoms with Crippen molar-refractivity contribution in [3.63, 3.8) is 0 Å². The second-order valence-electron chi connectivity index (χ2n) is 5.54. The molecule has 5 nitrogen and oxygen atoms in total. The normalized spacial score (nSPS) is 11.3. The van der Waals surface area contributed by atoms with Gasteiger partial charge in [-0.2, -0.15) is 0 Å². The second kappa shape index (κ2) is 7.64. The molecular formula is C17H22O5. The number of hydrogen-bond acceptors (Lipinski definition) is 5. The summed E-state index contributed by atoms with van der Waals surface area (Å²) in [5.41, 5.74) is 0.278. The molecular weight excluding hydrogens is 284 g/mol. The lowest BCUT2D eigenvalue weighted by molar-refractivity contribution is -0.137. The quantitative estimate of drug-likeness (QED) is 0.617. The molecule has 0 spiro atoms. The number of rotatable bonds is 5. The first kappa shape index (κ1) is 17.8. The fraction of sp³-hybridized carbons (Fsp3) is 0.412. The van der Waals surface area contributed by atoms with Crippen LogP contribution >= 0.6 is 0 Å². The Labute approximate surface area is 130 Å². The van der Waals surface area contributed by atoms with E-state index < -0.39 is 17.5 Å². The molecule has 0 radical (unpaired) electrons. The zero-order valence-electron chi connectivity index (χ0n) is 13.6. The number of ether oxygens (including phenoxy) is 3. The number of carbonyl (C=O) groups is 2. The lowest BCUT2D eigenvalue weighted by atomic mass is 10.1. The lowest BCUT2D eigenvalue weighted by Gasteiger charge is -2.20. The maximum atomic E-state index is 12.3. The summed E-state index contributed by atoms with van der Waals surface area (Å²) in [5, 5.41) is 0. The molecule has 0 atom stereocenters. The molecule has 0 unspecified atom stereocenters. The van der Waals surface area contributed by atoms with Gasteiger partial charge in [-0.05, 0) is 51.5 Å². The molecule has 0 aliphatic carbocycles. The molecule has 0 aromatic heterocycles. The molecule has 5 heteroatoms. The smallest absolute Gasteiger partial charge is 0.339 e. The van der Waals surface area contributed by atoms with Crippen molar-refractivity contribution in [1.82, 2.24) is 0 Å². The average Bonchev–Trinajstić information content (AvgIpc) is 2.43. The van der Waals surface area contributed by atoms with Crippen molar-refractivity contribution in [3.8, 4) is 5.75 Å². The Bertz CT molecular complexity index is 567. The third-order valence-corrected chi connectivity index (χ3v) is 2.56. The van der Waals surface area contributed by atoms with Gasteiger partial charge in [-0.15, -0.1) is 0 Å². The maximum absolute atomic E-state index is 12.3. The monoisotopic (exact) mass is 306 g/mol. The van der Waals surface area contributed by atoms with Gasteiger partial charge in [-0.3, -0.25) is 0 Å². The molecule has 120 valence electrons. The van der Waals surface area contributed by atoms with Gasteiger partial charge in [0.1, 0.15) is 11.4 Å². The van der Waals surface area contributed by atoms with Crippen molar-refractivity contribution in [2.75, 3.05) is 13.7 Å². The minimum atomic E-state index is -0.609. The van der Waals surface area contributed by atoms with Gasteiger partial charge < -0.3 is 14.2 Å². The molecule has 0 fully saturated rings. The molecule has 1 aromatic rings. The summed E-state index contributed by atoms with van der Waals surface area (Å²) < 4.78 is 15.3. The zero-order valence-corrected chi connectivity index (χ0v) is 13.6. The van der Waals surface area contributed by atoms with E-state index in [1.165, 1.54) is 19.3 Å². The topological polar surface area (TPSA) is 61.8 Å². The van der Waals surface area contributed by atoms with Crippen LogP contribution in [0.15, 0.2) is 24.3 Å². The Morgan fingerprint density at radius 3 is 2.45 bits per heavy atom. The van der Waals surface area contributed by atoms with Crippen molar-refractivity contribution in [1.29, 1.82) is 0 Å². The van der Waals surface area contributed by atoms with Gasteiger partial charge >= 0.3 is 11.9 Å². The van der Waals surface area contributed by atoms with Crippen LogP contribution in [0.2, 0.25) is 0 Å². The van der Waals surface area contributed by atoms with E-state index in [1.54, 1.807) is 45.9 Å². The molecule has 1 rings (SSSR count). The highest BCUT2D eigenvalue weighted by Gasteiger charge is 2.20. The van der Waals surface area contributed by atoms with Crippen molar-refractivity contribution in [2.45, 2.75) is 33.3 Å². The van der Waals surface area contributed by atoms with Gasteiger partial charge in [0, 0.05) is 6.08 Å². The maximum Gasteiger partial charge on any atom is 0.339 e. The summed E-state index contributed by atoms with van der Waals surface area (Å²) in [5.74, 6) is -0.405. The summed E-state index contributed by atoms with van der Waals surface area (Å²) >= 11 is 0. The molecule has 0 heterocycles. The van der Waals surface area contributed by atoms with Crippen molar-refractivity contribution in [3.05, 3.63) is 35.4 Å². The Kier molecular flexibility index (Phi) is 6.16. The first-order valence-corrected chi connectivity index (χ1v) is 7.03. The van der Waals surface area contributed by atoms with E-state index in [4.69, 9.17) is 14.2 Å². The van der Waals surface area contributed by atoms with Gasteiger partial charge in [-0.1, -0.05) is 6.07 Å². The second-order valence-corrected chi connectivity index (χ2v) is 5.54. The van der Waals surface area contributed by atoms with E-state index in [-0.39, 0.29) is 0 Å². The molecule has 0 saturated heterocycles. The summed E-state index contributed by atoms with van der Waals surface area (Å²) in [7, 11) is 1.52. The highest BCUT2D eigenvalue weighted by molar-refractivity contribution is 5.96. The Morgan fingerprint density at radius 2 is 1.91 bits per heavy atom. The predicted octanol–water partition coefficient (Wildman–Crippen LogP) is 3.23. The van der Waals surface area contributed by atoms with E-state index >= 15 is 0 Å². The Balaban J connectivity index is 3.11. The van der Waals surface area contributed by atoms with E-state index in [9.17, 15) is 9.59 Å². The minimum Gasteiger partial charge on any atom is -0.497 e. The van der Waals surface area contributed by atoms with Crippen LogP contribution in [0, 0.1) is 0 Å². The van der Waals surface area contributed by atoms with E-state index in [0.29, 0.717) is 23.5 Å². The molecule has 22 heavy (non-hydrogen) atoms. The standard InChI is InChI=1S/C17H22O5/c1-6-21-15(18)10-8-12-7-9-13(20-5)11-14(12)16(19)22-17(2,3)4/h7-11H,6H2,1-5H3/b10-8+. The minimum absolute atomic E-state index is 0.296. The van der Waals surface area contributed by atoms with Crippen LogP contribution in [0.4, 0.5) is 0 Å². The largest absolute Gasteiger partial charge is 0.497 e. The fourth-order valence-corrected chi connectivity index (χ4v) is 1.67. The first-order valence-electron chi connectivity index (χ1n) is 7.03. The molecule has 0 N–H and O–H groups in total. The summed E-state index contributed by atoms with van der Waals surface area (Å²) in [6, 6.07) is 4.98. The highest BCUT2D eigenvalue weighted by atomic mass is 16.6. The van der Waals surface area contributed by atoms with Crippen LogP contribution in [0.1, 0.15) is 43.6 Å². The molecule has 0 aliphatic heterocycles. The van der Waals surface area contributed by atoms with E-state index in [2.05, 4.69) is 0 Å². The van der Waals surface area contributed by atoms with Crippen LogP contribution in [-0.2, 0) is 14.3 Å². The van der Waals surface area contributed by atoms with Gasteiger partial charge in [-0.25, -0.2) is 9.59 Å². The fourth-order valence-electron chi connectivity index (χ4n) is 1.67. The molecule has 0 aliphatic rings. The van der Waals surface area contributed by atoms with Gasteiger partial charge in [0.15, 0.2) is 0 Å². The molecule has 1 aromatic carbocycles. The molecule has 0 saturated carbocycles. The van der Waals surface area contributed by atoms with Crippen LogP contribution in [0.25, 0.3) is 6.08 Å². The number of esters is 2. The van der Waals surface area contributed by atoms with Gasteiger partial charge in [0.05, 0.1) is 19.3 Å². The number of benzene rings is 1. The number of carbonyl (C=O) groups excluding carboxylic acids is 2. The van der Waals surface area contributed by atoms with Crippen molar-refractivity contribution < 1.29 is 23.8 Å². The Morgan fingerprint density at radius 1 is 1.23 bits per heavy atom. The summed E-state index contributed by atoms with van der Waals surface area (Å²) in [4.78, 5) is 23.7. The third-order valence-electron chi connectivity index (χ3n) is 2.56. The lowest BCUT2D eigenvalue weighted by Crippen LogP contribution is -2.24. The van der Waals surface area contributed by atoms with Gasteiger partial charge in [0.25, 0.3) is 0 Å². The van der Waals surface area contributed by atoms with Gasteiger partial charge in [0.2, 0.25) is 0 Å². The predicted molar refractivity (Wildman–Crippen MR) is 83.8 cm³/mol. The van der Waals surface area contributed by atoms with Crippen molar-refractivity contribution in [2.24, 2.45) is 0 Å². The Hall–Kier alpha value is -2.30. The third kappa shape index (κ3) is 5.60. The van der Waals surface area contributed by atoms with Crippen LogP contribution in [-0.4, -0.2) is 31.3 Å². The highest BCUT2D eigenvalue weighted by Crippen LogP contribution is 2.22. The van der Waals surface area contributed by atoms with Crippen LogP contribution in [0.3, 0.4) is 0 Å². The number of hydrogen-bond donors (Lipinski definition) is 0.